The summed E-state index contributed by atoms with van der Waals surface area (Å²) in [6.07, 6.45) is 0. The Bertz CT molecular complexity index is 664. The van der Waals surface area contributed by atoms with Crippen LogP contribution in [0.15, 0.2) is 24.3 Å². The molecule has 0 radical (unpaired) electrons. The normalized spacial score (nSPS) is 11.8. The van der Waals surface area contributed by atoms with Gasteiger partial charge in [0, 0.05) is 11.6 Å². The van der Waals surface area contributed by atoms with Gasteiger partial charge in [-0.2, -0.15) is 5.26 Å². The third-order valence-corrected chi connectivity index (χ3v) is 4.37. The number of nitriles is 1. The molecule has 1 atom stereocenters. The lowest BCUT2D eigenvalue weighted by Crippen LogP contribution is -2.07. The number of rotatable bonds is 4. The van der Waals surface area contributed by atoms with Crippen molar-refractivity contribution in [1.29, 1.82) is 5.26 Å². The molecule has 0 aliphatic carbocycles. The fourth-order valence-corrected chi connectivity index (χ4v) is 3.48. The molecule has 0 aliphatic rings. The molecule has 104 valence electrons. The average Bonchev–Trinajstić information content (AvgIpc) is 2.78. The predicted octanol–water partition coefficient (Wildman–Crippen LogP) is 5.11. The Labute approximate surface area is 131 Å². The van der Waals surface area contributed by atoms with Gasteiger partial charge in [0.15, 0.2) is 0 Å². The molecule has 0 aliphatic heterocycles. The molecule has 0 bridgehead atoms. The second-order valence-electron chi connectivity index (χ2n) is 4.17. The van der Waals surface area contributed by atoms with Crippen LogP contribution in [0.25, 0.3) is 0 Å². The first-order valence-corrected chi connectivity index (χ1v) is 7.41. The summed E-state index contributed by atoms with van der Waals surface area (Å²) in [6, 6.07) is 9.15. The summed E-state index contributed by atoms with van der Waals surface area (Å²) in [5.74, 6) is 0.619. The van der Waals surface area contributed by atoms with E-state index in [1.54, 1.807) is 19.2 Å². The number of thiophene rings is 1. The maximum Gasteiger partial charge on any atom is 0.143 e. The summed E-state index contributed by atoms with van der Waals surface area (Å²) in [5.41, 5.74) is 2.29. The zero-order valence-corrected chi connectivity index (χ0v) is 13.2. The smallest absolute Gasteiger partial charge is 0.143 e. The summed E-state index contributed by atoms with van der Waals surface area (Å²) in [5, 5.41) is 12.2. The average molecular weight is 327 g/mol. The Kier molecular flexibility index (Phi) is 4.77. The molecule has 1 N–H and O–H groups in total. The number of benzene rings is 1. The van der Waals surface area contributed by atoms with Gasteiger partial charge < -0.3 is 10.1 Å². The summed E-state index contributed by atoms with van der Waals surface area (Å²) in [4.78, 5) is 0. The van der Waals surface area contributed by atoms with E-state index < -0.39 is 0 Å². The number of nitrogens with zero attached hydrogens (tertiary/aromatic N) is 1. The van der Waals surface area contributed by atoms with Gasteiger partial charge in [0.05, 0.1) is 39.1 Å². The van der Waals surface area contributed by atoms with Gasteiger partial charge in [0.25, 0.3) is 0 Å². The van der Waals surface area contributed by atoms with E-state index in [9.17, 15) is 0 Å². The van der Waals surface area contributed by atoms with Crippen molar-refractivity contribution in [3.8, 4) is 11.8 Å². The Morgan fingerprint density at radius 3 is 2.65 bits per heavy atom. The number of methoxy groups -OCH3 is 1. The Morgan fingerprint density at radius 2 is 2.10 bits per heavy atom. The van der Waals surface area contributed by atoms with Gasteiger partial charge in [-0.1, -0.05) is 23.2 Å². The molecule has 0 saturated carbocycles. The zero-order chi connectivity index (χ0) is 14.7. The minimum absolute atomic E-state index is 0.0203. The summed E-state index contributed by atoms with van der Waals surface area (Å²) >= 11 is 13.4. The van der Waals surface area contributed by atoms with Crippen molar-refractivity contribution in [2.24, 2.45) is 0 Å². The van der Waals surface area contributed by atoms with Gasteiger partial charge >= 0.3 is 0 Å². The van der Waals surface area contributed by atoms with Gasteiger partial charge in [-0.15, -0.1) is 11.3 Å². The predicted molar refractivity (Wildman–Crippen MR) is 84.1 cm³/mol. The molecular weight excluding hydrogens is 315 g/mol. The highest BCUT2D eigenvalue weighted by Crippen LogP contribution is 2.37. The monoisotopic (exact) mass is 326 g/mol. The number of anilines is 1. The van der Waals surface area contributed by atoms with Crippen LogP contribution in [-0.2, 0) is 0 Å². The lowest BCUT2D eigenvalue weighted by Gasteiger charge is -2.17. The van der Waals surface area contributed by atoms with Gasteiger partial charge in [0.2, 0.25) is 0 Å². The van der Waals surface area contributed by atoms with Crippen LogP contribution in [-0.4, -0.2) is 7.11 Å². The van der Waals surface area contributed by atoms with Crippen LogP contribution in [0.4, 0.5) is 5.69 Å². The van der Waals surface area contributed by atoms with E-state index in [1.807, 2.05) is 19.1 Å². The van der Waals surface area contributed by atoms with Crippen molar-refractivity contribution in [3.05, 3.63) is 44.1 Å². The fraction of sp³-hybridized carbons (Fsp3) is 0.214. The number of ether oxygens (including phenoxy) is 1. The molecule has 0 fully saturated rings. The van der Waals surface area contributed by atoms with E-state index in [-0.39, 0.29) is 6.04 Å². The molecule has 0 spiro atoms. The minimum Gasteiger partial charge on any atom is -0.495 e. The van der Waals surface area contributed by atoms with Crippen molar-refractivity contribution in [1.82, 2.24) is 0 Å². The van der Waals surface area contributed by atoms with Gasteiger partial charge in [-0.25, -0.2) is 0 Å². The molecule has 0 amide bonds. The molecule has 1 aromatic heterocycles. The van der Waals surface area contributed by atoms with Crippen LogP contribution in [0.2, 0.25) is 8.67 Å². The molecule has 1 aromatic carbocycles. The molecule has 1 unspecified atom stereocenters. The van der Waals surface area contributed by atoms with Crippen LogP contribution in [0.5, 0.6) is 5.75 Å². The molecule has 1 heterocycles. The maximum absolute atomic E-state index is 8.89. The molecule has 6 heteroatoms. The highest BCUT2D eigenvalue weighted by Gasteiger charge is 2.15. The number of hydrogen-bond acceptors (Lipinski definition) is 4. The van der Waals surface area contributed by atoms with E-state index in [2.05, 4.69) is 11.4 Å². The van der Waals surface area contributed by atoms with Crippen LogP contribution >= 0.6 is 34.5 Å². The highest BCUT2D eigenvalue weighted by molar-refractivity contribution is 7.20. The van der Waals surface area contributed by atoms with Crippen LogP contribution in [0.1, 0.15) is 24.1 Å². The Hall–Kier alpha value is -1.41. The van der Waals surface area contributed by atoms with Crippen LogP contribution < -0.4 is 10.1 Å². The summed E-state index contributed by atoms with van der Waals surface area (Å²) in [6.45, 7) is 1.99. The highest BCUT2D eigenvalue weighted by atomic mass is 35.5. The van der Waals surface area contributed by atoms with Crippen molar-refractivity contribution in [2.75, 3.05) is 12.4 Å². The summed E-state index contributed by atoms with van der Waals surface area (Å²) < 4.78 is 6.62. The van der Waals surface area contributed by atoms with Gasteiger partial charge in [-0.05, 0) is 25.1 Å². The first kappa shape index (κ1) is 15.0. The lowest BCUT2D eigenvalue weighted by atomic mass is 10.1. The van der Waals surface area contributed by atoms with E-state index in [1.165, 1.54) is 11.3 Å². The number of halogens is 2. The van der Waals surface area contributed by atoms with E-state index >= 15 is 0 Å². The van der Waals surface area contributed by atoms with Crippen molar-refractivity contribution in [2.45, 2.75) is 13.0 Å². The largest absolute Gasteiger partial charge is 0.495 e. The van der Waals surface area contributed by atoms with Crippen molar-refractivity contribution in [3.63, 3.8) is 0 Å². The van der Waals surface area contributed by atoms with Crippen LogP contribution in [0.3, 0.4) is 0 Å². The van der Waals surface area contributed by atoms with Gasteiger partial charge in [-0.3, -0.25) is 0 Å². The first-order valence-electron chi connectivity index (χ1n) is 5.84. The molecule has 20 heavy (non-hydrogen) atoms. The Morgan fingerprint density at radius 1 is 1.35 bits per heavy atom. The SMILES string of the molecule is COc1cc(C#N)ccc1NC(C)c1cc(Cl)sc1Cl. The van der Waals surface area contributed by atoms with Crippen molar-refractivity contribution < 1.29 is 4.74 Å². The maximum atomic E-state index is 8.89. The third kappa shape index (κ3) is 3.18. The molecular formula is C14H12Cl2N2OS. The number of hydrogen-bond donors (Lipinski definition) is 1. The van der Waals surface area contributed by atoms with E-state index in [4.69, 9.17) is 33.2 Å². The standard InChI is InChI=1S/C14H12Cl2N2OS/c1-8(10-6-13(15)20-14(10)16)18-11-4-3-9(7-17)5-12(11)19-2/h3-6,8,18H,1-2H3. The van der Waals surface area contributed by atoms with E-state index in [0.29, 0.717) is 20.0 Å². The lowest BCUT2D eigenvalue weighted by molar-refractivity contribution is 0.416. The topological polar surface area (TPSA) is 45.0 Å². The second-order valence-corrected chi connectivity index (χ2v) is 6.46. The number of nitrogens with one attached hydrogen (secondary N) is 1. The minimum atomic E-state index is -0.0203. The molecule has 2 rings (SSSR count). The third-order valence-electron chi connectivity index (χ3n) is 2.85. The molecule has 0 saturated heterocycles. The van der Waals surface area contributed by atoms with E-state index in [0.717, 1.165) is 11.3 Å². The molecule has 2 aromatic rings. The summed E-state index contributed by atoms with van der Waals surface area (Å²) in [7, 11) is 1.57. The quantitative estimate of drug-likeness (QED) is 0.849. The van der Waals surface area contributed by atoms with Gasteiger partial charge in [0.1, 0.15) is 5.75 Å². The zero-order valence-electron chi connectivity index (χ0n) is 10.9. The Balaban J connectivity index is 2.26. The van der Waals surface area contributed by atoms with Crippen molar-refractivity contribution >= 4 is 40.2 Å². The van der Waals surface area contributed by atoms with Crippen LogP contribution in [0, 0.1) is 11.3 Å². The fourth-order valence-electron chi connectivity index (χ4n) is 1.84. The first-order chi connectivity index (χ1) is 9.55. The second kappa shape index (κ2) is 6.36. The molecule has 3 nitrogen and oxygen atoms in total.